The number of halogens is 3. The van der Waals surface area contributed by atoms with E-state index < -0.39 is 19.9 Å². The molecule has 0 radical (unpaired) electrons. The topological polar surface area (TPSA) is 84.8 Å². The summed E-state index contributed by atoms with van der Waals surface area (Å²) >= 11 is 17.7. The van der Waals surface area contributed by atoms with Gasteiger partial charge in [0, 0.05) is 12.1 Å². The van der Waals surface area contributed by atoms with Gasteiger partial charge in [0.25, 0.3) is 0 Å². The fourth-order valence-electron chi connectivity index (χ4n) is 2.33. The highest BCUT2D eigenvalue weighted by molar-refractivity contribution is 7.91. The second-order valence-electron chi connectivity index (χ2n) is 6.61. The number of nitrogens with zero attached hydrogens (tertiary/aromatic N) is 1. The van der Waals surface area contributed by atoms with Crippen LogP contribution in [0.3, 0.4) is 0 Å². The molecule has 1 aromatic rings. The van der Waals surface area contributed by atoms with E-state index in [1.807, 2.05) is 0 Å². The average Bonchev–Trinajstić information content (AvgIpc) is 2.91. The van der Waals surface area contributed by atoms with Gasteiger partial charge in [0.05, 0.1) is 17.5 Å². The van der Waals surface area contributed by atoms with E-state index in [4.69, 9.17) is 39.5 Å². The number of hydrogen-bond acceptors (Lipinski definition) is 5. The normalized spacial score (nSPS) is 20.7. The van der Waals surface area contributed by atoms with E-state index in [0.717, 1.165) is 5.56 Å². The molecule has 0 bridgehead atoms. The van der Waals surface area contributed by atoms with E-state index in [1.54, 1.807) is 44.3 Å². The van der Waals surface area contributed by atoms with E-state index in [0.29, 0.717) is 12.2 Å². The zero-order valence-corrected chi connectivity index (χ0v) is 17.9. The van der Waals surface area contributed by atoms with Crippen molar-refractivity contribution in [2.24, 2.45) is 10.9 Å². The van der Waals surface area contributed by atoms with Crippen LogP contribution in [0.1, 0.15) is 25.8 Å². The minimum absolute atomic E-state index is 0.0885. The Kier molecular flexibility index (Phi) is 7.41. The van der Waals surface area contributed by atoms with Gasteiger partial charge >= 0.3 is 0 Å². The summed E-state index contributed by atoms with van der Waals surface area (Å²) in [6, 6.07) is 6.57. The third kappa shape index (κ3) is 7.14. The van der Waals surface area contributed by atoms with E-state index in [1.165, 1.54) is 0 Å². The van der Waals surface area contributed by atoms with Crippen LogP contribution in [-0.2, 0) is 14.6 Å². The highest BCUT2D eigenvalue weighted by Crippen LogP contribution is 2.32. The Hall–Kier alpha value is -1.02. The lowest BCUT2D eigenvalue weighted by atomic mass is 10.2. The van der Waals surface area contributed by atoms with E-state index >= 15 is 0 Å². The van der Waals surface area contributed by atoms with Crippen LogP contribution in [0.15, 0.2) is 29.3 Å². The van der Waals surface area contributed by atoms with E-state index in [-0.39, 0.29) is 29.4 Å². The number of carbonyl (C=O) groups excluding carboxylic acids is 1. The lowest BCUT2D eigenvalue weighted by Crippen LogP contribution is -2.49. The smallest absolute Gasteiger partial charge is 0.246 e. The standard InChI is InChI=1S/C17H21Cl3N2O4S/c1-11(2)15(23)22-16(17(18,19)20)26-14-5-3-12(4-6-14)9-21-13-7-8-27(24,25)10-13/h3-6,9,11,13,16H,7-8,10H2,1-2H3,(H,22,23)/t13-,16+/m1/s1. The number of rotatable bonds is 6. The van der Waals surface area contributed by atoms with E-state index in [2.05, 4.69) is 10.3 Å². The molecule has 0 unspecified atom stereocenters. The maximum Gasteiger partial charge on any atom is 0.246 e. The minimum atomic E-state index is -2.96. The van der Waals surface area contributed by atoms with Gasteiger partial charge in [-0.25, -0.2) is 8.42 Å². The van der Waals surface area contributed by atoms with Gasteiger partial charge in [0.2, 0.25) is 15.9 Å². The number of aliphatic imine (C=N–C) groups is 1. The Morgan fingerprint density at radius 2 is 1.93 bits per heavy atom. The van der Waals surface area contributed by atoms with Crippen LogP contribution in [0.25, 0.3) is 0 Å². The first-order valence-electron chi connectivity index (χ1n) is 8.34. The van der Waals surface area contributed by atoms with Crippen molar-refractivity contribution in [3.05, 3.63) is 29.8 Å². The number of ether oxygens (including phenoxy) is 1. The van der Waals surface area contributed by atoms with Crippen LogP contribution in [0.4, 0.5) is 0 Å². The molecule has 27 heavy (non-hydrogen) atoms. The number of amides is 1. The summed E-state index contributed by atoms with van der Waals surface area (Å²) < 4.78 is 26.7. The molecule has 1 saturated heterocycles. The summed E-state index contributed by atoms with van der Waals surface area (Å²) in [4.78, 5) is 16.2. The van der Waals surface area contributed by atoms with Crippen molar-refractivity contribution in [3.8, 4) is 5.75 Å². The first-order chi connectivity index (χ1) is 12.5. The van der Waals surface area contributed by atoms with Gasteiger partial charge in [0.15, 0.2) is 9.84 Å². The molecule has 1 aliphatic rings. The molecule has 1 aromatic carbocycles. The van der Waals surface area contributed by atoms with Gasteiger partial charge in [-0.1, -0.05) is 48.7 Å². The van der Waals surface area contributed by atoms with Crippen LogP contribution in [0, 0.1) is 5.92 Å². The molecule has 0 saturated carbocycles. The van der Waals surface area contributed by atoms with Gasteiger partial charge < -0.3 is 10.1 Å². The molecule has 1 aliphatic heterocycles. The predicted molar refractivity (Wildman–Crippen MR) is 109 cm³/mol. The number of benzene rings is 1. The Bertz CT molecular complexity index is 789. The molecule has 1 fully saturated rings. The summed E-state index contributed by atoms with van der Waals surface area (Å²) in [7, 11) is -2.96. The fourth-order valence-corrected chi connectivity index (χ4v) is 4.26. The second-order valence-corrected chi connectivity index (χ2v) is 11.2. The molecule has 10 heteroatoms. The maximum atomic E-state index is 11.9. The third-order valence-corrected chi connectivity index (χ3v) is 6.22. The van der Waals surface area contributed by atoms with Gasteiger partial charge in [-0.05, 0) is 36.2 Å². The SMILES string of the molecule is CC(C)C(=O)N[C@@H](Oc1ccc(C=N[C@@H]2CCS(=O)(=O)C2)cc1)C(Cl)(Cl)Cl. The second kappa shape index (κ2) is 8.99. The molecule has 1 N–H and O–H groups in total. The van der Waals surface area contributed by atoms with E-state index in [9.17, 15) is 13.2 Å². The molecule has 2 rings (SSSR count). The zero-order valence-electron chi connectivity index (χ0n) is 14.9. The molecule has 0 aromatic heterocycles. The summed E-state index contributed by atoms with van der Waals surface area (Å²) in [6.45, 7) is 3.43. The van der Waals surface area contributed by atoms with Gasteiger partial charge in [-0.3, -0.25) is 9.79 Å². The molecule has 2 atom stereocenters. The molecule has 0 aliphatic carbocycles. The van der Waals surface area contributed by atoms with Crippen LogP contribution >= 0.6 is 34.8 Å². The van der Waals surface area contributed by atoms with Crippen molar-refractivity contribution < 1.29 is 17.9 Å². The van der Waals surface area contributed by atoms with Crippen molar-refractivity contribution >= 4 is 56.8 Å². The van der Waals surface area contributed by atoms with Crippen molar-refractivity contribution in [3.63, 3.8) is 0 Å². The molecule has 1 heterocycles. The number of sulfone groups is 1. The molecule has 0 spiro atoms. The van der Waals surface area contributed by atoms with Crippen molar-refractivity contribution in [1.29, 1.82) is 0 Å². The lowest BCUT2D eigenvalue weighted by molar-refractivity contribution is -0.126. The van der Waals surface area contributed by atoms with Crippen LogP contribution in [0.2, 0.25) is 0 Å². The average molecular weight is 456 g/mol. The molecule has 1 amide bonds. The van der Waals surface area contributed by atoms with Crippen molar-refractivity contribution in [2.45, 2.75) is 36.3 Å². The highest BCUT2D eigenvalue weighted by atomic mass is 35.6. The van der Waals surface area contributed by atoms with Gasteiger partial charge in [-0.15, -0.1) is 0 Å². The van der Waals surface area contributed by atoms with Gasteiger partial charge in [-0.2, -0.15) is 0 Å². The van der Waals surface area contributed by atoms with Crippen molar-refractivity contribution in [1.82, 2.24) is 5.32 Å². The Morgan fingerprint density at radius 3 is 2.41 bits per heavy atom. The Labute approximate surface area is 174 Å². The third-order valence-electron chi connectivity index (χ3n) is 3.87. The monoisotopic (exact) mass is 454 g/mol. The summed E-state index contributed by atoms with van der Waals surface area (Å²) in [5.74, 6) is 0.0759. The number of carbonyl (C=O) groups is 1. The first kappa shape index (κ1) is 22.3. The lowest BCUT2D eigenvalue weighted by Gasteiger charge is -2.27. The Morgan fingerprint density at radius 1 is 1.30 bits per heavy atom. The van der Waals surface area contributed by atoms with Crippen molar-refractivity contribution in [2.75, 3.05) is 11.5 Å². The molecule has 150 valence electrons. The number of alkyl halides is 3. The fraction of sp³-hybridized carbons (Fsp3) is 0.529. The minimum Gasteiger partial charge on any atom is -0.466 e. The zero-order chi connectivity index (χ0) is 20.2. The summed E-state index contributed by atoms with van der Waals surface area (Å²) in [5.41, 5.74) is 0.781. The quantitative estimate of drug-likeness (QED) is 0.406. The largest absolute Gasteiger partial charge is 0.466 e. The van der Waals surface area contributed by atoms with Gasteiger partial charge in [0.1, 0.15) is 5.75 Å². The Balaban J connectivity index is 2.01. The van der Waals surface area contributed by atoms with Crippen LogP contribution in [-0.4, -0.2) is 48.1 Å². The molecular weight excluding hydrogens is 435 g/mol. The number of nitrogens with one attached hydrogen (secondary N) is 1. The highest BCUT2D eigenvalue weighted by Gasteiger charge is 2.36. The summed E-state index contributed by atoms with van der Waals surface area (Å²) in [5, 5.41) is 2.55. The maximum absolute atomic E-state index is 11.9. The predicted octanol–water partition coefficient (Wildman–Crippen LogP) is 3.14. The molecule has 6 nitrogen and oxygen atoms in total. The molecular formula is C17H21Cl3N2O4S. The number of hydrogen-bond donors (Lipinski definition) is 1. The first-order valence-corrected chi connectivity index (χ1v) is 11.3. The van der Waals surface area contributed by atoms with Crippen LogP contribution < -0.4 is 10.1 Å². The van der Waals surface area contributed by atoms with Crippen LogP contribution in [0.5, 0.6) is 5.75 Å². The summed E-state index contributed by atoms with van der Waals surface area (Å²) in [6.07, 6.45) is 1.02.